The first-order chi connectivity index (χ1) is 9.83. The zero-order chi connectivity index (χ0) is 13.9. The Balaban J connectivity index is 1.85. The Labute approximate surface area is 120 Å². The summed E-state index contributed by atoms with van der Waals surface area (Å²) in [6.45, 7) is 3.15. The van der Waals surface area contributed by atoms with Gasteiger partial charge in [0, 0.05) is 18.3 Å². The lowest BCUT2D eigenvalue weighted by Gasteiger charge is -2.29. The first-order valence-corrected chi connectivity index (χ1v) is 7.57. The average molecular weight is 277 g/mol. The van der Waals surface area contributed by atoms with Gasteiger partial charge < -0.3 is 14.8 Å². The van der Waals surface area contributed by atoms with Crippen molar-refractivity contribution in [3.05, 3.63) is 18.1 Å². The quantitative estimate of drug-likeness (QED) is 0.863. The van der Waals surface area contributed by atoms with Crippen molar-refractivity contribution in [2.75, 3.05) is 13.7 Å². The summed E-state index contributed by atoms with van der Waals surface area (Å²) in [5, 5.41) is 3.62. The zero-order valence-electron chi connectivity index (χ0n) is 12.2. The molecule has 5 nitrogen and oxygen atoms in total. The van der Waals surface area contributed by atoms with E-state index in [0.717, 1.165) is 25.1 Å². The van der Waals surface area contributed by atoms with Gasteiger partial charge in [0.25, 0.3) is 0 Å². The van der Waals surface area contributed by atoms with Gasteiger partial charge in [-0.3, -0.25) is 4.98 Å². The highest BCUT2D eigenvalue weighted by Gasteiger charge is 2.45. The van der Waals surface area contributed by atoms with Crippen LogP contribution in [0.2, 0.25) is 0 Å². The molecule has 1 aromatic rings. The van der Waals surface area contributed by atoms with Crippen LogP contribution >= 0.6 is 0 Å². The lowest BCUT2D eigenvalue weighted by Crippen LogP contribution is -2.35. The fourth-order valence-electron chi connectivity index (χ4n) is 3.49. The van der Waals surface area contributed by atoms with E-state index in [9.17, 15) is 0 Å². The summed E-state index contributed by atoms with van der Waals surface area (Å²) in [5.74, 6) is 1.11. The van der Waals surface area contributed by atoms with E-state index in [-0.39, 0.29) is 6.04 Å². The molecule has 5 heteroatoms. The SMILES string of the molecule is CCCNC(c1nccnc1OC)C1CC2CCC1O2. The third kappa shape index (κ3) is 2.52. The van der Waals surface area contributed by atoms with Gasteiger partial charge >= 0.3 is 0 Å². The normalized spacial score (nSPS) is 29.6. The van der Waals surface area contributed by atoms with E-state index < -0.39 is 0 Å². The number of rotatable bonds is 6. The van der Waals surface area contributed by atoms with Crippen molar-refractivity contribution < 1.29 is 9.47 Å². The highest BCUT2D eigenvalue weighted by molar-refractivity contribution is 5.23. The van der Waals surface area contributed by atoms with Crippen LogP contribution in [0.5, 0.6) is 5.88 Å². The summed E-state index contributed by atoms with van der Waals surface area (Å²) in [4.78, 5) is 8.82. The number of hydrogen-bond donors (Lipinski definition) is 1. The molecule has 110 valence electrons. The van der Waals surface area contributed by atoms with Gasteiger partial charge in [-0.2, -0.15) is 0 Å². The summed E-state index contributed by atoms with van der Waals surface area (Å²) < 4.78 is 11.4. The number of nitrogens with one attached hydrogen (secondary N) is 1. The summed E-state index contributed by atoms with van der Waals surface area (Å²) >= 11 is 0. The van der Waals surface area contributed by atoms with Crippen LogP contribution in [0.3, 0.4) is 0 Å². The molecule has 2 saturated heterocycles. The minimum absolute atomic E-state index is 0.175. The van der Waals surface area contributed by atoms with Gasteiger partial charge in [-0.15, -0.1) is 0 Å². The van der Waals surface area contributed by atoms with Gasteiger partial charge in [0.2, 0.25) is 5.88 Å². The molecule has 1 N–H and O–H groups in total. The Hall–Kier alpha value is -1.20. The minimum atomic E-state index is 0.175. The van der Waals surface area contributed by atoms with Crippen molar-refractivity contribution in [3.63, 3.8) is 0 Å². The molecule has 2 aliphatic heterocycles. The van der Waals surface area contributed by atoms with Crippen LogP contribution in [-0.4, -0.2) is 35.8 Å². The Morgan fingerprint density at radius 1 is 1.40 bits per heavy atom. The van der Waals surface area contributed by atoms with E-state index in [4.69, 9.17) is 9.47 Å². The third-order valence-electron chi connectivity index (χ3n) is 4.37. The molecular formula is C15H23N3O2. The second-order valence-corrected chi connectivity index (χ2v) is 5.66. The topological polar surface area (TPSA) is 56.3 Å². The van der Waals surface area contributed by atoms with Gasteiger partial charge in [-0.25, -0.2) is 4.98 Å². The highest BCUT2D eigenvalue weighted by atomic mass is 16.5. The van der Waals surface area contributed by atoms with Gasteiger partial charge in [-0.05, 0) is 32.2 Å². The molecule has 2 fully saturated rings. The molecule has 0 radical (unpaired) electrons. The maximum atomic E-state index is 6.01. The number of hydrogen-bond acceptors (Lipinski definition) is 5. The second kappa shape index (κ2) is 6.06. The Kier molecular flexibility index (Phi) is 4.17. The van der Waals surface area contributed by atoms with Gasteiger partial charge in [0.1, 0.15) is 5.69 Å². The lowest BCUT2D eigenvalue weighted by atomic mass is 9.82. The van der Waals surface area contributed by atoms with Crippen LogP contribution in [0, 0.1) is 5.92 Å². The van der Waals surface area contributed by atoms with E-state index in [2.05, 4.69) is 22.2 Å². The molecule has 0 amide bonds. The molecule has 0 saturated carbocycles. The van der Waals surface area contributed by atoms with Crippen LogP contribution in [0.4, 0.5) is 0 Å². The van der Waals surface area contributed by atoms with E-state index in [0.29, 0.717) is 24.0 Å². The summed E-state index contributed by atoms with van der Waals surface area (Å²) in [6, 6.07) is 0.175. The fraction of sp³-hybridized carbons (Fsp3) is 0.733. The van der Waals surface area contributed by atoms with Crippen LogP contribution in [0.25, 0.3) is 0 Å². The van der Waals surface area contributed by atoms with E-state index in [1.165, 1.54) is 12.8 Å². The standard InChI is InChI=1S/C15H23N3O2/c1-3-6-16-13(11-9-10-4-5-12(11)20-10)14-15(19-2)18-8-7-17-14/h7-8,10-13,16H,3-6,9H2,1-2H3. The maximum Gasteiger partial charge on any atom is 0.237 e. The number of fused-ring (bicyclic) bond motifs is 2. The van der Waals surface area contributed by atoms with Gasteiger partial charge in [0.15, 0.2) is 0 Å². The number of methoxy groups -OCH3 is 1. The largest absolute Gasteiger partial charge is 0.480 e. The molecular weight excluding hydrogens is 254 g/mol. The van der Waals surface area contributed by atoms with Crippen LogP contribution in [0.15, 0.2) is 12.4 Å². The number of nitrogens with zero attached hydrogens (tertiary/aromatic N) is 2. The van der Waals surface area contributed by atoms with Gasteiger partial charge in [0.05, 0.1) is 25.4 Å². The first-order valence-electron chi connectivity index (χ1n) is 7.57. The van der Waals surface area contributed by atoms with Crippen LogP contribution < -0.4 is 10.1 Å². The molecule has 0 aliphatic carbocycles. The number of aromatic nitrogens is 2. The van der Waals surface area contributed by atoms with Crippen LogP contribution in [-0.2, 0) is 4.74 Å². The van der Waals surface area contributed by atoms with Crippen molar-refractivity contribution >= 4 is 0 Å². The summed E-state index contributed by atoms with van der Waals surface area (Å²) in [6.07, 6.45) is 8.82. The molecule has 4 unspecified atom stereocenters. The molecule has 20 heavy (non-hydrogen) atoms. The zero-order valence-corrected chi connectivity index (χ0v) is 12.2. The number of ether oxygens (including phenoxy) is 2. The Morgan fingerprint density at radius 2 is 2.25 bits per heavy atom. The van der Waals surface area contributed by atoms with Crippen molar-refractivity contribution in [3.8, 4) is 5.88 Å². The minimum Gasteiger partial charge on any atom is -0.480 e. The van der Waals surface area contributed by atoms with E-state index >= 15 is 0 Å². The third-order valence-corrected chi connectivity index (χ3v) is 4.37. The highest BCUT2D eigenvalue weighted by Crippen LogP contribution is 2.45. The van der Waals surface area contributed by atoms with Gasteiger partial charge in [-0.1, -0.05) is 6.92 Å². The molecule has 0 spiro atoms. The molecule has 2 bridgehead atoms. The molecule has 3 rings (SSSR count). The van der Waals surface area contributed by atoms with E-state index in [1.807, 2.05) is 0 Å². The van der Waals surface area contributed by atoms with Crippen molar-refractivity contribution in [1.29, 1.82) is 0 Å². The van der Waals surface area contributed by atoms with Crippen molar-refractivity contribution in [2.24, 2.45) is 5.92 Å². The molecule has 0 aromatic carbocycles. The Bertz CT molecular complexity index is 454. The fourth-order valence-corrected chi connectivity index (χ4v) is 3.49. The Morgan fingerprint density at radius 3 is 2.90 bits per heavy atom. The average Bonchev–Trinajstić information content (AvgIpc) is 3.11. The van der Waals surface area contributed by atoms with E-state index in [1.54, 1.807) is 19.5 Å². The smallest absolute Gasteiger partial charge is 0.237 e. The predicted molar refractivity (Wildman–Crippen MR) is 75.6 cm³/mol. The summed E-state index contributed by atoms with van der Waals surface area (Å²) in [7, 11) is 1.65. The lowest BCUT2D eigenvalue weighted by molar-refractivity contribution is 0.0850. The molecule has 3 heterocycles. The molecule has 2 aliphatic rings. The summed E-state index contributed by atoms with van der Waals surface area (Å²) in [5.41, 5.74) is 0.921. The predicted octanol–water partition coefficient (Wildman–Crippen LogP) is 2.09. The van der Waals surface area contributed by atoms with Crippen LogP contribution in [0.1, 0.15) is 44.3 Å². The second-order valence-electron chi connectivity index (χ2n) is 5.66. The van der Waals surface area contributed by atoms with Crippen molar-refractivity contribution in [1.82, 2.24) is 15.3 Å². The first kappa shape index (κ1) is 13.8. The molecule has 4 atom stereocenters. The van der Waals surface area contributed by atoms with Crippen molar-refractivity contribution in [2.45, 2.75) is 50.9 Å². The molecule has 1 aromatic heterocycles. The monoisotopic (exact) mass is 277 g/mol. The maximum absolute atomic E-state index is 6.01.